The molecule has 0 unspecified atom stereocenters. The maximum Gasteiger partial charge on any atom is 0.139 e. The van der Waals surface area contributed by atoms with E-state index in [1.807, 2.05) is 60.9 Å². The summed E-state index contributed by atoms with van der Waals surface area (Å²) >= 11 is 0. The zero-order valence-corrected chi connectivity index (χ0v) is 16.1. The molecule has 0 spiro atoms. The second kappa shape index (κ2) is 6.15. The number of fused-ring (bicyclic) bond motifs is 2. The maximum atomic E-state index is 6.43. The quantitative estimate of drug-likeness (QED) is 0.260. The van der Waals surface area contributed by atoms with Gasteiger partial charge in [-0.05, 0) is 24.3 Å². The molecule has 0 fully saturated rings. The highest BCUT2D eigenvalue weighted by atomic mass is 15.2. The molecule has 0 saturated heterocycles. The molecule has 2 aromatic heterocycles. The molecule has 150 valence electrons. The van der Waals surface area contributed by atoms with E-state index in [0.29, 0.717) is 11.4 Å². The summed E-state index contributed by atoms with van der Waals surface area (Å²) in [5.41, 5.74) is 22.0. The van der Waals surface area contributed by atoms with E-state index in [1.165, 1.54) is 0 Å². The lowest BCUT2D eigenvalue weighted by Gasteiger charge is -2.18. The Balaban J connectivity index is 1.41. The number of aromatic nitrogens is 2. The Kier molecular flexibility index (Phi) is 3.43. The van der Waals surface area contributed by atoms with Gasteiger partial charge in [-0.25, -0.2) is 0 Å². The fraction of sp³-hybridized carbons (Fsp3) is 0.0909. The standard InChI is InChI=1S/C22H22N8/c23-11-9-25-19(21-27-13-5-1-2-6-14(13)28-21)17(11)18-12(24)10-26-20(18)22-29-15-7-3-4-8-16(15)30-22/h1-10,21-22,25-30H,23-24H2. The molecule has 2 aliphatic heterocycles. The van der Waals surface area contributed by atoms with E-state index in [9.17, 15) is 0 Å². The Bertz CT molecular complexity index is 1110. The summed E-state index contributed by atoms with van der Waals surface area (Å²) in [6.45, 7) is 0. The first kappa shape index (κ1) is 16.7. The minimum Gasteiger partial charge on any atom is -0.397 e. The van der Waals surface area contributed by atoms with Crippen LogP contribution in [0.4, 0.5) is 34.1 Å². The first-order valence-electron chi connectivity index (χ1n) is 9.87. The smallest absolute Gasteiger partial charge is 0.139 e. The van der Waals surface area contributed by atoms with Gasteiger partial charge in [-0.1, -0.05) is 24.3 Å². The molecule has 8 nitrogen and oxygen atoms in total. The van der Waals surface area contributed by atoms with E-state index in [2.05, 4.69) is 31.2 Å². The fourth-order valence-electron chi connectivity index (χ4n) is 4.38. The first-order chi connectivity index (χ1) is 14.7. The van der Waals surface area contributed by atoms with Crippen molar-refractivity contribution in [2.45, 2.75) is 12.3 Å². The van der Waals surface area contributed by atoms with Crippen LogP contribution in [0.5, 0.6) is 0 Å². The molecule has 4 aromatic rings. The summed E-state index contributed by atoms with van der Waals surface area (Å²) in [7, 11) is 0. The van der Waals surface area contributed by atoms with Crippen LogP contribution in [0.15, 0.2) is 60.9 Å². The van der Waals surface area contributed by atoms with Gasteiger partial charge in [0.1, 0.15) is 12.3 Å². The molecule has 0 bridgehead atoms. The van der Waals surface area contributed by atoms with E-state index < -0.39 is 0 Å². The number of aromatic amines is 2. The van der Waals surface area contributed by atoms with Crippen LogP contribution in [0.3, 0.4) is 0 Å². The van der Waals surface area contributed by atoms with E-state index in [0.717, 1.165) is 45.3 Å². The lowest BCUT2D eigenvalue weighted by molar-refractivity contribution is 0.889. The monoisotopic (exact) mass is 398 g/mol. The van der Waals surface area contributed by atoms with E-state index >= 15 is 0 Å². The van der Waals surface area contributed by atoms with Crippen LogP contribution >= 0.6 is 0 Å². The van der Waals surface area contributed by atoms with Crippen molar-refractivity contribution < 1.29 is 0 Å². The minimum absolute atomic E-state index is 0.140. The summed E-state index contributed by atoms with van der Waals surface area (Å²) in [6.07, 6.45) is 3.35. The van der Waals surface area contributed by atoms with Gasteiger partial charge < -0.3 is 42.7 Å². The average Bonchev–Trinajstić information content (AvgIpc) is 3.51. The van der Waals surface area contributed by atoms with E-state index in [1.54, 1.807) is 0 Å². The highest BCUT2D eigenvalue weighted by Gasteiger charge is 2.31. The Morgan fingerprint density at radius 1 is 0.533 bits per heavy atom. The summed E-state index contributed by atoms with van der Waals surface area (Å²) < 4.78 is 0. The van der Waals surface area contributed by atoms with Gasteiger partial charge in [0.2, 0.25) is 0 Å². The molecule has 6 rings (SSSR count). The third kappa shape index (κ3) is 2.40. The number of rotatable bonds is 3. The second-order valence-electron chi connectivity index (χ2n) is 7.60. The zero-order chi connectivity index (χ0) is 20.2. The van der Waals surface area contributed by atoms with Crippen LogP contribution in [0.1, 0.15) is 23.7 Å². The summed E-state index contributed by atoms with van der Waals surface area (Å²) in [6, 6.07) is 16.2. The number of hydrogen-bond acceptors (Lipinski definition) is 6. The van der Waals surface area contributed by atoms with Gasteiger partial charge in [-0.15, -0.1) is 0 Å². The molecule has 8 heteroatoms. The third-order valence-corrected chi connectivity index (χ3v) is 5.76. The number of nitrogens with two attached hydrogens (primary N) is 2. The Morgan fingerprint density at radius 2 is 0.867 bits per heavy atom. The van der Waals surface area contributed by atoms with Crippen molar-refractivity contribution in [2.75, 3.05) is 32.7 Å². The van der Waals surface area contributed by atoms with Crippen LogP contribution in [0, 0.1) is 0 Å². The second-order valence-corrected chi connectivity index (χ2v) is 7.60. The molecule has 2 aliphatic rings. The van der Waals surface area contributed by atoms with Crippen LogP contribution in [-0.2, 0) is 0 Å². The van der Waals surface area contributed by atoms with Crippen molar-refractivity contribution in [3.8, 4) is 11.1 Å². The molecule has 0 saturated carbocycles. The van der Waals surface area contributed by atoms with Crippen molar-refractivity contribution in [1.29, 1.82) is 0 Å². The van der Waals surface area contributed by atoms with Crippen molar-refractivity contribution in [3.63, 3.8) is 0 Å². The predicted molar refractivity (Wildman–Crippen MR) is 122 cm³/mol. The van der Waals surface area contributed by atoms with Gasteiger partial charge >= 0.3 is 0 Å². The van der Waals surface area contributed by atoms with Crippen LogP contribution < -0.4 is 32.7 Å². The predicted octanol–water partition coefficient (Wildman–Crippen LogP) is 4.25. The largest absolute Gasteiger partial charge is 0.397 e. The van der Waals surface area contributed by atoms with Crippen molar-refractivity contribution in [2.24, 2.45) is 0 Å². The lowest BCUT2D eigenvalue weighted by Crippen LogP contribution is -2.16. The summed E-state index contributed by atoms with van der Waals surface area (Å²) in [5.74, 6) is 0. The SMILES string of the molecule is Nc1c[nH]c(C2Nc3ccccc3N2)c1-c1c(N)c[nH]c1C1Nc2ccccc2N1. The molecule has 0 atom stereocenters. The molecule has 30 heavy (non-hydrogen) atoms. The first-order valence-corrected chi connectivity index (χ1v) is 9.87. The normalized spacial score (nSPS) is 15.1. The number of para-hydroxylation sites is 4. The lowest BCUT2D eigenvalue weighted by atomic mass is 10.0. The highest BCUT2D eigenvalue weighted by Crippen LogP contribution is 2.45. The topological polar surface area (TPSA) is 132 Å². The van der Waals surface area contributed by atoms with Crippen LogP contribution in [-0.4, -0.2) is 9.97 Å². The van der Waals surface area contributed by atoms with Gasteiger partial charge in [0.05, 0.1) is 45.5 Å². The maximum absolute atomic E-state index is 6.43. The number of hydrogen-bond donors (Lipinski definition) is 8. The van der Waals surface area contributed by atoms with Crippen molar-refractivity contribution in [3.05, 3.63) is 72.3 Å². The van der Waals surface area contributed by atoms with Gasteiger partial charge in [0, 0.05) is 23.5 Å². The molecule has 2 aromatic carbocycles. The zero-order valence-electron chi connectivity index (χ0n) is 16.1. The van der Waals surface area contributed by atoms with Crippen molar-refractivity contribution in [1.82, 2.24) is 9.97 Å². The summed E-state index contributed by atoms with van der Waals surface area (Å²) in [5, 5.41) is 14.0. The van der Waals surface area contributed by atoms with E-state index in [4.69, 9.17) is 11.5 Å². The number of benzene rings is 2. The molecule has 0 amide bonds. The van der Waals surface area contributed by atoms with E-state index in [-0.39, 0.29) is 12.3 Å². The molecule has 4 heterocycles. The third-order valence-electron chi connectivity index (χ3n) is 5.76. The fourth-order valence-corrected chi connectivity index (χ4v) is 4.38. The Labute approximate surface area is 173 Å². The average molecular weight is 398 g/mol. The summed E-state index contributed by atoms with van der Waals surface area (Å²) in [4.78, 5) is 6.68. The molecule has 0 radical (unpaired) electrons. The number of nitrogens with one attached hydrogen (secondary N) is 6. The van der Waals surface area contributed by atoms with Crippen LogP contribution in [0.2, 0.25) is 0 Å². The minimum atomic E-state index is -0.140. The highest BCUT2D eigenvalue weighted by molar-refractivity contribution is 5.91. The molecular formula is C22H22N8. The Morgan fingerprint density at radius 3 is 1.20 bits per heavy atom. The molecule has 0 aliphatic carbocycles. The number of anilines is 6. The van der Waals surface area contributed by atoms with Crippen molar-refractivity contribution >= 4 is 34.1 Å². The van der Waals surface area contributed by atoms with Gasteiger partial charge in [0.25, 0.3) is 0 Å². The number of nitrogen functional groups attached to an aromatic ring is 2. The van der Waals surface area contributed by atoms with Gasteiger partial charge in [-0.2, -0.15) is 0 Å². The number of H-pyrrole nitrogens is 2. The Hall–Kier alpha value is -4.20. The van der Waals surface area contributed by atoms with Gasteiger partial charge in [0.15, 0.2) is 0 Å². The molecule has 10 N–H and O–H groups in total. The van der Waals surface area contributed by atoms with Crippen LogP contribution in [0.25, 0.3) is 11.1 Å². The van der Waals surface area contributed by atoms with Gasteiger partial charge in [-0.3, -0.25) is 0 Å². The molecular weight excluding hydrogens is 376 g/mol.